The van der Waals surface area contributed by atoms with Crippen LogP contribution in [0.2, 0.25) is 0 Å². The number of thiocarbonyl (C=S) groups is 1. The van der Waals surface area contributed by atoms with Crippen molar-refractivity contribution in [2.45, 2.75) is 50.6 Å². The maximum absolute atomic E-state index is 11.1. The van der Waals surface area contributed by atoms with Crippen LogP contribution in [0.5, 0.6) is 0 Å². The molecule has 0 bridgehead atoms. The standard InChI is InChI=1S/C13H22N2O6S2/c1-13(2,3)23-6-9(21-7-16)15-12(22)14-8(11(19)20)4-5-10(17)18/h7-9H,4-6H2,1-3H3,(H,17,18)(H,19,20)(H2,14,15,22)/t8-,9+/m0/s1. The molecule has 2 atom stereocenters. The Bertz CT molecular complexity index is 439. The highest BCUT2D eigenvalue weighted by Crippen LogP contribution is 2.23. The summed E-state index contributed by atoms with van der Waals surface area (Å²) in [5, 5.41) is 22.8. The van der Waals surface area contributed by atoms with Gasteiger partial charge in [-0.3, -0.25) is 9.59 Å². The van der Waals surface area contributed by atoms with Crippen LogP contribution in [-0.4, -0.2) is 56.5 Å². The lowest BCUT2D eigenvalue weighted by atomic mass is 10.1. The molecule has 0 unspecified atom stereocenters. The Morgan fingerprint density at radius 2 is 1.91 bits per heavy atom. The minimum Gasteiger partial charge on any atom is -0.481 e. The third kappa shape index (κ3) is 11.6. The molecule has 0 aromatic heterocycles. The average Bonchev–Trinajstić information content (AvgIpc) is 2.39. The first kappa shape index (κ1) is 21.4. The smallest absolute Gasteiger partial charge is 0.326 e. The third-order valence-corrected chi connectivity index (χ3v) is 4.00. The number of carbonyl (C=O) groups excluding carboxylic acids is 1. The Balaban J connectivity index is 4.55. The summed E-state index contributed by atoms with van der Waals surface area (Å²) in [6, 6.07) is -1.14. The number of nitrogens with one attached hydrogen (secondary N) is 2. The van der Waals surface area contributed by atoms with Gasteiger partial charge in [-0.25, -0.2) is 4.79 Å². The summed E-state index contributed by atoms with van der Waals surface area (Å²) in [7, 11) is 0. The van der Waals surface area contributed by atoms with Crippen molar-refractivity contribution in [3.05, 3.63) is 0 Å². The lowest BCUT2D eigenvalue weighted by molar-refractivity contribution is -0.140. The number of carbonyl (C=O) groups is 3. The van der Waals surface area contributed by atoms with Gasteiger partial charge in [-0.2, -0.15) is 11.8 Å². The Hall–Kier alpha value is -1.55. The molecule has 0 aliphatic carbocycles. The van der Waals surface area contributed by atoms with E-state index in [9.17, 15) is 14.4 Å². The number of rotatable bonds is 10. The van der Waals surface area contributed by atoms with Crippen molar-refractivity contribution in [2.24, 2.45) is 0 Å². The van der Waals surface area contributed by atoms with E-state index in [4.69, 9.17) is 27.2 Å². The van der Waals surface area contributed by atoms with E-state index < -0.39 is 24.2 Å². The van der Waals surface area contributed by atoms with Gasteiger partial charge in [0.2, 0.25) is 0 Å². The molecule has 0 saturated carbocycles. The molecule has 0 spiro atoms. The Labute approximate surface area is 144 Å². The molecular formula is C13H22N2O6S2. The second-order valence-corrected chi connectivity index (χ2v) is 7.84. The molecule has 0 rings (SSSR count). The minimum atomic E-state index is -1.22. The normalized spacial score (nSPS) is 13.5. The molecule has 0 heterocycles. The first-order valence-electron chi connectivity index (χ1n) is 6.80. The van der Waals surface area contributed by atoms with Gasteiger partial charge in [-0.15, -0.1) is 0 Å². The van der Waals surface area contributed by atoms with Gasteiger partial charge in [0.1, 0.15) is 6.04 Å². The molecule has 10 heteroatoms. The molecule has 0 aliphatic rings. The predicted molar refractivity (Wildman–Crippen MR) is 90.3 cm³/mol. The summed E-state index contributed by atoms with van der Waals surface area (Å²) in [4.78, 5) is 32.1. The van der Waals surface area contributed by atoms with Gasteiger partial charge in [0.05, 0.1) is 5.75 Å². The zero-order chi connectivity index (χ0) is 18.0. The van der Waals surface area contributed by atoms with E-state index >= 15 is 0 Å². The van der Waals surface area contributed by atoms with E-state index in [1.165, 1.54) is 11.8 Å². The monoisotopic (exact) mass is 366 g/mol. The zero-order valence-electron chi connectivity index (χ0n) is 13.2. The van der Waals surface area contributed by atoms with Crippen LogP contribution in [0.4, 0.5) is 0 Å². The van der Waals surface area contributed by atoms with Crippen molar-refractivity contribution >= 4 is 47.5 Å². The van der Waals surface area contributed by atoms with Crippen LogP contribution >= 0.6 is 24.0 Å². The number of aliphatic carboxylic acids is 2. The lowest BCUT2D eigenvalue weighted by Gasteiger charge is -2.24. The van der Waals surface area contributed by atoms with Gasteiger partial charge in [-0.1, -0.05) is 20.8 Å². The fourth-order valence-electron chi connectivity index (χ4n) is 1.38. The molecule has 0 fully saturated rings. The second kappa shape index (κ2) is 10.3. The average molecular weight is 366 g/mol. The maximum atomic E-state index is 11.1. The zero-order valence-corrected chi connectivity index (χ0v) is 14.8. The van der Waals surface area contributed by atoms with Gasteiger partial charge >= 0.3 is 11.9 Å². The fraction of sp³-hybridized carbons (Fsp3) is 0.692. The predicted octanol–water partition coefficient (Wildman–Crippen LogP) is 0.799. The van der Waals surface area contributed by atoms with Crippen molar-refractivity contribution in [3.63, 3.8) is 0 Å². The van der Waals surface area contributed by atoms with Gasteiger partial charge < -0.3 is 25.6 Å². The van der Waals surface area contributed by atoms with Gasteiger partial charge in [-0.05, 0) is 18.6 Å². The Kier molecular flexibility index (Phi) is 9.58. The topological polar surface area (TPSA) is 125 Å². The van der Waals surface area contributed by atoms with E-state index in [1.807, 2.05) is 20.8 Å². The van der Waals surface area contributed by atoms with Crippen LogP contribution in [0.1, 0.15) is 33.6 Å². The number of ether oxygens (including phenoxy) is 1. The van der Waals surface area contributed by atoms with Crippen LogP contribution in [0.15, 0.2) is 0 Å². The van der Waals surface area contributed by atoms with Crippen LogP contribution in [0, 0.1) is 0 Å². The highest BCUT2D eigenvalue weighted by Gasteiger charge is 2.22. The number of carboxylic acids is 2. The first-order valence-corrected chi connectivity index (χ1v) is 8.19. The molecule has 4 N–H and O–H groups in total. The van der Waals surface area contributed by atoms with E-state index in [2.05, 4.69) is 10.6 Å². The van der Waals surface area contributed by atoms with Crippen molar-refractivity contribution in [2.75, 3.05) is 5.75 Å². The van der Waals surface area contributed by atoms with Gasteiger partial charge in [0.25, 0.3) is 6.47 Å². The summed E-state index contributed by atoms with van der Waals surface area (Å²) in [5.74, 6) is -1.90. The first-order chi connectivity index (χ1) is 10.5. The van der Waals surface area contributed by atoms with Crippen molar-refractivity contribution in [3.8, 4) is 0 Å². The van der Waals surface area contributed by atoms with E-state index in [1.54, 1.807) is 0 Å². The highest BCUT2D eigenvalue weighted by molar-refractivity contribution is 8.00. The van der Waals surface area contributed by atoms with Gasteiger partial charge in [0.15, 0.2) is 11.3 Å². The summed E-state index contributed by atoms with van der Waals surface area (Å²) in [6.07, 6.45) is -1.14. The maximum Gasteiger partial charge on any atom is 0.326 e. The largest absolute Gasteiger partial charge is 0.481 e. The molecular weight excluding hydrogens is 344 g/mol. The third-order valence-electron chi connectivity index (χ3n) is 2.43. The van der Waals surface area contributed by atoms with E-state index in [0.29, 0.717) is 5.75 Å². The molecule has 0 aromatic rings. The summed E-state index contributed by atoms with van der Waals surface area (Å²) >= 11 is 6.52. The molecule has 132 valence electrons. The molecule has 0 radical (unpaired) electrons. The highest BCUT2D eigenvalue weighted by atomic mass is 32.2. The number of hydrogen-bond acceptors (Lipinski definition) is 6. The number of thioether (sulfide) groups is 1. The summed E-state index contributed by atoms with van der Waals surface area (Å²) in [6.45, 7) is 6.28. The summed E-state index contributed by atoms with van der Waals surface area (Å²) in [5.41, 5.74) is 0. The van der Waals surface area contributed by atoms with Crippen molar-refractivity contribution in [1.82, 2.24) is 10.6 Å². The lowest BCUT2D eigenvalue weighted by Crippen LogP contribution is -2.50. The molecule has 23 heavy (non-hydrogen) atoms. The number of hydrogen-bond donors (Lipinski definition) is 4. The molecule has 0 aromatic carbocycles. The molecule has 0 amide bonds. The quantitative estimate of drug-likeness (QED) is 0.251. The fourth-order valence-corrected chi connectivity index (χ4v) is 2.47. The summed E-state index contributed by atoms with van der Waals surface area (Å²) < 4.78 is 4.82. The Morgan fingerprint density at radius 3 is 2.35 bits per heavy atom. The Morgan fingerprint density at radius 1 is 1.30 bits per heavy atom. The van der Waals surface area contributed by atoms with E-state index in [-0.39, 0.29) is 29.2 Å². The van der Waals surface area contributed by atoms with Crippen molar-refractivity contribution < 1.29 is 29.3 Å². The van der Waals surface area contributed by atoms with Crippen LogP contribution in [0.3, 0.4) is 0 Å². The van der Waals surface area contributed by atoms with Gasteiger partial charge in [0, 0.05) is 11.2 Å². The molecule has 0 aliphatic heterocycles. The minimum absolute atomic E-state index is 0.0239. The van der Waals surface area contributed by atoms with Crippen LogP contribution in [-0.2, 0) is 19.1 Å². The number of carboxylic acid groups (broad SMARTS) is 2. The van der Waals surface area contributed by atoms with E-state index in [0.717, 1.165) is 0 Å². The van der Waals surface area contributed by atoms with Crippen LogP contribution < -0.4 is 10.6 Å². The second-order valence-electron chi connectivity index (χ2n) is 5.59. The SMILES string of the molecule is CC(C)(C)SC[C@H](NC(=S)N[C@@H](CCC(=O)O)C(=O)O)OC=O. The van der Waals surface area contributed by atoms with Crippen LogP contribution in [0.25, 0.3) is 0 Å². The van der Waals surface area contributed by atoms with Crippen molar-refractivity contribution in [1.29, 1.82) is 0 Å². The molecule has 8 nitrogen and oxygen atoms in total. The molecule has 0 saturated heterocycles.